The number of hydrogen-bond acceptors (Lipinski definition) is 2. The van der Waals surface area contributed by atoms with Gasteiger partial charge in [-0.05, 0) is 42.3 Å². The van der Waals surface area contributed by atoms with Crippen LogP contribution in [0.25, 0.3) is 0 Å². The minimum atomic E-state index is 0.765. The van der Waals surface area contributed by atoms with Crippen LogP contribution in [0.2, 0.25) is 5.02 Å². The van der Waals surface area contributed by atoms with E-state index in [9.17, 15) is 0 Å². The quantitative estimate of drug-likeness (QED) is 0.849. The molecule has 0 atom stereocenters. The van der Waals surface area contributed by atoms with Gasteiger partial charge in [0.05, 0.1) is 0 Å². The minimum absolute atomic E-state index is 0.765. The zero-order valence-corrected chi connectivity index (χ0v) is 11.4. The SMILES string of the molecule is Cc1c(N)cccc1N(C)Cc1ccc(Cl)cc1. The molecule has 0 unspecified atom stereocenters. The van der Waals surface area contributed by atoms with Crippen LogP contribution in [0.5, 0.6) is 0 Å². The Morgan fingerprint density at radius 1 is 1.11 bits per heavy atom. The number of halogens is 1. The first-order chi connectivity index (χ1) is 8.58. The fourth-order valence-corrected chi connectivity index (χ4v) is 2.13. The maximum Gasteiger partial charge on any atom is 0.0426 e. The lowest BCUT2D eigenvalue weighted by atomic mass is 10.1. The van der Waals surface area contributed by atoms with Crippen LogP contribution in [0, 0.1) is 6.92 Å². The van der Waals surface area contributed by atoms with Gasteiger partial charge in [0.2, 0.25) is 0 Å². The smallest absolute Gasteiger partial charge is 0.0426 e. The maximum atomic E-state index is 5.93. The molecule has 0 spiro atoms. The molecule has 0 heterocycles. The molecule has 0 aliphatic carbocycles. The summed E-state index contributed by atoms with van der Waals surface area (Å²) < 4.78 is 0. The normalized spacial score (nSPS) is 10.4. The highest BCUT2D eigenvalue weighted by atomic mass is 35.5. The number of rotatable bonds is 3. The van der Waals surface area contributed by atoms with Gasteiger partial charge in [0.15, 0.2) is 0 Å². The van der Waals surface area contributed by atoms with Gasteiger partial charge >= 0.3 is 0 Å². The topological polar surface area (TPSA) is 29.3 Å². The van der Waals surface area contributed by atoms with Gasteiger partial charge in [0, 0.05) is 30.0 Å². The lowest BCUT2D eigenvalue weighted by molar-refractivity contribution is 0.918. The van der Waals surface area contributed by atoms with Gasteiger partial charge in [0.1, 0.15) is 0 Å². The predicted molar refractivity (Wildman–Crippen MR) is 79.2 cm³/mol. The Kier molecular flexibility index (Phi) is 3.78. The van der Waals surface area contributed by atoms with E-state index < -0.39 is 0 Å². The van der Waals surface area contributed by atoms with Crippen molar-refractivity contribution in [2.75, 3.05) is 17.7 Å². The van der Waals surface area contributed by atoms with Crippen molar-refractivity contribution < 1.29 is 0 Å². The summed E-state index contributed by atoms with van der Waals surface area (Å²) in [4.78, 5) is 2.19. The molecule has 0 bridgehead atoms. The molecule has 2 aromatic carbocycles. The Morgan fingerprint density at radius 2 is 1.78 bits per heavy atom. The molecule has 0 saturated carbocycles. The van der Waals surface area contributed by atoms with Gasteiger partial charge in [-0.3, -0.25) is 0 Å². The maximum absolute atomic E-state index is 5.93. The van der Waals surface area contributed by atoms with Crippen LogP contribution in [0.3, 0.4) is 0 Å². The van der Waals surface area contributed by atoms with Gasteiger partial charge in [-0.2, -0.15) is 0 Å². The van der Waals surface area contributed by atoms with E-state index in [4.69, 9.17) is 17.3 Å². The van der Waals surface area contributed by atoms with E-state index in [0.29, 0.717) is 0 Å². The highest BCUT2D eigenvalue weighted by molar-refractivity contribution is 6.30. The molecule has 0 aromatic heterocycles. The molecular formula is C15H17ClN2. The van der Waals surface area contributed by atoms with E-state index in [-0.39, 0.29) is 0 Å². The lowest BCUT2D eigenvalue weighted by Gasteiger charge is -2.22. The monoisotopic (exact) mass is 260 g/mol. The minimum Gasteiger partial charge on any atom is -0.398 e. The van der Waals surface area contributed by atoms with Crippen molar-refractivity contribution in [2.24, 2.45) is 0 Å². The van der Waals surface area contributed by atoms with Gasteiger partial charge in [0.25, 0.3) is 0 Å². The Balaban J connectivity index is 2.19. The molecule has 0 saturated heterocycles. The van der Waals surface area contributed by atoms with Crippen molar-refractivity contribution in [3.05, 3.63) is 58.6 Å². The third-order valence-electron chi connectivity index (χ3n) is 3.09. The number of anilines is 2. The number of nitrogen functional groups attached to an aromatic ring is 1. The summed E-state index contributed by atoms with van der Waals surface area (Å²) >= 11 is 5.88. The molecule has 0 fully saturated rings. The van der Waals surface area contributed by atoms with Crippen LogP contribution in [0.15, 0.2) is 42.5 Å². The number of nitrogens with zero attached hydrogens (tertiary/aromatic N) is 1. The Morgan fingerprint density at radius 3 is 2.44 bits per heavy atom. The number of hydrogen-bond donors (Lipinski definition) is 1. The number of benzene rings is 2. The molecule has 0 aliphatic heterocycles. The fraction of sp³-hybridized carbons (Fsp3) is 0.200. The highest BCUT2D eigenvalue weighted by Crippen LogP contribution is 2.25. The standard InChI is InChI=1S/C15H17ClN2/c1-11-14(17)4-3-5-15(11)18(2)10-12-6-8-13(16)9-7-12/h3-9H,10,17H2,1-2H3. The Bertz CT molecular complexity index is 535. The molecule has 2 N–H and O–H groups in total. The second kappa shape index (κ2) is 5.32. The van der Waals surface area contributed by atoms with Crippen LogP contribution < -0.4 is 10.6 Å². The first-order valence-electron chi connectivity index (χ1n) is 5.88. The van der Waals surface area contributed by atoms with Gasteiger partial charge < -0.3 is 10.6 Å². The molecule has 2 aromatic rings. The Labute approximate surface area is 113 Å². The third kappa shape index (κ3) is 2.77. The summed E-state index contributed by atoms with van der Waals surface area (Å²) in [6.45, 7) is 2.88. The molecule has 18 heavy (non-hydrogen) atoms. The van der Waals surface area contributed by atoms with Crippen molar-refractivity contribution in [3.63, 3.8) is 0 Å². The third-order valence-corrected chi connectivity index (χ3v) is 3.34. The fourth-order valence-electron chi connectivity index (χ4n) is 2.00. The summed E-state index contributed by atoms with van der Waals surface area (Å²) in [6.07, 6.45) is 0. The average Bonchev–Trinajstić information content (AvgIpc) is 2.35. The molecule has 0 amide bonds. The van der Waals surface area contributed by atoms with Crippen LogP contribution in [-0.2, 0) is 6.54 Å². The highest BCUT2D eigenvalue weighted by Gasteiger charge is 2.07. The summed E-state index contributed by atoms with van der Waals surface area (Å²) in [5.41, 5.74) is 10.3. The molecule has 94 valence electrons. The van der Waals surface area contributed by atoms with Gasteiger partial charge in [-0.15, -0.1) is 0 Å². The molecule has 2 rings (SSSR count). The average molecular weight is 261 g/mol. The van der Waals surface area contributed by atoms with Gasteiger partial charge in [-0.1, -0.05) is 29.8 Å². The zero-order chi connectivity index (χ0) is 13.1. The summed E-state index contributed by atoms with van der Waals surface area (Å²) in [7, 11) is 2.07. The second-order valence-electron chi connectivity index (χ2n) is 4.47. The second-order valence-corrected chi connectivity index (χ2v) is 4.91. The van der Waals surface area contributed by atoms with Gasteiger partial charge in [-0.25, -0.2) is 0 Å². The van der Waals surface area contributed by atoms with Crippen molar-refractivity contribution in [3.8, 4) is 0 Å². The molecule has 0 aliphatic rings. The van der Waals surface area contributed by atoms with Crippen molar-refractivity contribution in [1.29, 1.82) is 0 Å². The predicted octanol–water partition coefficient (Wildman–Crippen LogP) is 3.87. The van der Waals surface area contributed by atoms with Crippen molar-refractivity contribution >= 4 is 23.0 Å². The Hall–Kier alpha value is -1.67. The largest absolute Gasteiger partial charge is 0.398 e. The van der Waals surface area contributed by atoms with Crippen molar-refractivity contribution in [2.45, 2.75) is 13.5 Å². The first-order valence-corrected chi connectivity index (χ1v) is 6.26. The van der Waals surface area contributed by atoms with Crippen LogP contribution in [0.1, 0.15) is 11.1 Å². The zero-order valence-electron chi connectivity index (χ0n) is 10.7. The van der Waals surface area contributed by atoms with E-state index in [0.717, 1.165) is 28.5 Å². The van der Waals surface area contributed by atoms with E-state index >= 15 is 0 Å². The van der Waals surface area contributed by atoms with Crippen LogP contribution in [0.4, 0.5) is 11.4 Å². The molecule has 0 radical (unpaired) electrons. The van der Waals surface area contributed by atoms with E-state index in [1.807, 2.05) is 43.3 Å². The van der Waals surface area contributed by atoms with E-state index in [1.165, 1.54) is 5.56 Å². The summed E-state index contributed by atoms with van der Waals surface area (Å²) in [5, 5.41) is 0.765. The first kappa shape index (κ1) is 12.8. The molecular weight excluding hydrogens is 244 g/mol. The van der Waals surface area contributed by atoms with Crippen LogP contribution >= 0.6 is 11.6 Å². The molecule has 3 heteroatoms. The summed E-state index contributed by atoms with van der Waals surface area (Å²) in [6, 6.07) is 13.9. The lowest BCUT2D eigenvalue weighted by Crippen LogP contribution is -2.17. The summed E-state index contributed by atoms with van der Waals surface area (Å²) in [5.74, 6) is 0. The van der Waals surface area contributed by atoms with Crippen molar-refractivity contribution in [1.82, 2.24) is 0 Å². The molecule has 2 nitrogen and oxygen atoms in total. The number of nitrogens with two attached hydrogens (primary N) is 1. The van der Waals surface area contributed by atoms with E-state index in [1.54, 1.807) is 0 Å². The van der Waals surface area contributed by atoms with Crippen LogP contribution in [-0.4, -0.2) is 7.05 Å². The van der Waals surface area contributed by atoms with E-state index in [2.05, 4.69) is 18.0 Å².